The molecule has 1 aromatic carbocycles. The summed E-state index contributed by atoms with van der Waals surface area (Å²) in [5.74, 6) is 0.824. The fourth-order valence-corrected chi connectivity index (χ4v) is 2.12. The van der Waals surface area contributed by atoms with Gasteiger partial charge in [-0.25, -0.2) is 4.98 Å². The van der Waals surface area contributed by atoms with Gasteiger partial charge in [0, 0.05) is 30.5 Å². The van der Waals surface area contributed by atoms with Gasteiger partial charge >= 0.3 is 0 Å². The molecule has 0 saturated heterocycles. The fraction of sp³-hybridized carbons (Fsp3) is 0.333. The van der Waals surface area contributed by atoms with Crippen molar-refractivity contribution in [3.8, 4) is 5.69 Å². The minimum Gasteiger partial charge on any atom is -0.353 e. The van der Waals surface area contributed by atoms with E-state index >= 15 is 0 Å². The highest BCUT2D eigenvalue weighted by Gasteiger charge is 2.23. The van der Waals surface area contributed by atoms with Crippen LogP contribution in [-0.2, 0) is 4.79 Å². The Balaban J connectivity index is 1.85. The molecule has 0 atom stereocenters. The molecule has 1 heterocycles. The number of carbonyl (C=O) groups excluding carboxylic acids is 1. The highest BCUT2D eigenvalue weighted by atomic mass is 16.1. The average molecular weight is 270 g/mol. The van der Waals surface area contributed by atoms with Crippen molar-refractivity contribution in [2.75, 3.05) is 10.6 Å². The lowest BCUT2D eigenvalue weighted by molar-refractivity contribution is -0.114. The molecule has 0 spiro atoms. The first-order valence-corrected chi connectivity index (χ1v) is 6.82. The van der Waals surface area contributed by atoms with E-state index in [1.54, 1.807) is 0 Å². The first kappa shape index (κ1) is 12.7. The lowest BCUT2D eigenvalue weighted by atomic mass is 10.2. The van der Waals surface area contributed by atoms with Crippen LogP contribution in [0.3, 0.4) is 0 Å². The molecular weight excluding hydrogens is 252 g/mol. The van der Waals surface area contributed by atoms with Crippen LogP contribution in [0, 0.1) is 6.92 Å². The molecule has 1 aliphatic rings. The average Bonchev–Trinajstić information content (AvgIpc) is 3.12. The zero-order valence-electron chi connectivity index (χ0n) is 11.7. The second-order valence-electron chi connectivity index (χ2n) is 5.22. The van der Waals surface area contributed by atoms with E-state index in [2.05, 4.69) is 15.6 Å². The summed E-state index contributed by atoms with van der Waals surface area (Å²) in [4.78, 5) is 15.5. The van der Waals surface area contributed by atoms with Gasteiger partial charge in [0.15, 0.2) is 0 Å². The van der Waals surface area contributed by atoms with Crippen molar-refractivity contribution in [1.29, 1.82) is 0 Å². The number of anilines is 2. The van der Waals surface area contributed by atoms with Gasteiger partial charge in [-0.05, 0) is 44.0 Å². The number of imidazole rings is 1. The number of hydrogen-bond donors (Lipinski definition) is 2. The van der Waals surface area contributed by atoms with E-state index in [0.717, 1.165) is 23.0 Å². The number of nitrogens with zero attached hydrogens (tertiary/aromatic N) is 2. The fourth-order valence-electron chi connectivity index (χ4n) is 2.12. The molecule has 2 aromatic rings. The molecule has 5 heteroatoms. The predicted octanol–water partition coefficient (Wildman–Crippen LogP) is 2.71. The first-order valence-electron chi connectivity index (χ1n) is 6.82. The van der Waals surface area contributed by atoms with Crippen molar-refractivity contribution in [2.45, 2.75) is 32.7 Å². The third-order valence-electron chi connectivity index (χ3n) is 3.20. The lowest BCUT2D eigenvalue weighted by Crippen LogP contribution is -2.08. The molecular formula is C15H18N4O. The van der Waals surface area contributed by atoms with Gasteiger partial charge in [-0.15, -0.1) is 0 Å². The number of rotatable bonds is 4. The SMILES string of the molecule is CC(=O)Nc1ccc(-n2cc(C)nc2NC2CC2)cc1. The molecule has 3 rings (SSSR count). The molecule has 0 bridgehead atoms. The maximum Gasteiger partial charge on any atom is 0.221 e. The summed E-state index contributed by atoms with van der Waals surface area (Å²) in [6.45, 7) is 3.49. The van der Waals surface area contributed by atoms with Crippen molar-refractivity contribution in [3.05, 3.63) is 36.2 Å². The predicted molar refractivity (Wildman–Crippen MR) is 79.2 cm³/mol. The Morgan fingerprint density at radius 1 is 1.30 bits per heavy atom. The molecule has 0 radical (unpaired) electrons. The Hall–Kier alpha value is -2.30. The smallest absolute Gasteiger partial charge is 0.221 e. The number of amides is 1. The first-order chi connectivity index (χ1) is 9.61. The topological polar surface area (TPSA) is 59.0 Å². The van der Waals surface area contributed by atoms with Gasteiger partial charge in [-0.2, -0.15) is 0 Å². The van der Waals surface area contributed by atoms with Gasteiger partial charge in [-0.3, -0.25) is 9.36 Å². The monoisotopic (exact) mass is 270 g/mol. The summed E-state index contributed by atoms with van der Waals surface area (Å²) in [5.41, 5.74) is 2.82. The summed E-state index contributed by atoms with van der Waals surface area (Å²) in [5, 5.41) is 6.20. The molecule has 0 unspecified atom stereocenters. The van der Waals surface area contributed by atoms with E-state index in [1.807, 2.05) is 42.0 Å². The maximum atomic E-state index is 11.0. The molecule has 0 aliphatic heterocycles. The van der Waals surface area contributed by atoms with Crippen LogP contribution in [-0.4, -0.2) is 21.5 Å². The molecule has 2 N–H and O–H groups in total. The third-order valence-corrected chi connectivity index (χ3v) is 3.20. The van der Waals surface area contributed by atoms with E-state index in [1.165, 1.54) is 19.8 Å². The van der Waals surface area contributed by atoms with Gasteiger partial charge in [0.2, 0.25) is 11.9 Å². The van der Waals surface area contributed by atoms with Crippen LogP contribution in [0.25, 0.3) is 5.69 Å². The number of benzene rings is 1. The summed E-state index contributed by atoms with van der Waals surface area (Å²) in [6, 6.07) is 8.31. The zero-order valence-corrected chi connectivity index (χ0v) is 11.7. The van der Waals surface area contributed by atoms with Gasteiger partial charge in [0.05, 0.1) is 5.69 Å². The minimum absolute atomic E-state index is 0.0627. The van der Waals surface area contributed by atoms with Crippen LogP contribution >= 0.6 is 0 Å². The Bertz CT molecular complexity index is 626. The standard InChI is InChI=1S/C15H18N4O/c1-10-9-19(15(16-10)18-13-3-4-13)14-7-5-12(6-8-14)17-11(2)20/h5-9,13H,3-4H2,1-2H3,(H,16,18)(H,17,20). The van der Waals surface area contributed by atoms with Gasteiger partial charge in [0.25, 0.3) is 0 Å². The summed E-state index contributed by atoms with van der Waals surface area (Å²) in [7, 11) is 0. The number of aryl methyl sites for hydroxylation is 1. The zero-order chi connectivity index (χ0) is 14.1. The van der Waals surface area contributed by atoms with Crippen LogP contribution in [0.2, 0.25) is 0 Å². The summed E-state index contributed by atoms with van der Waals surface area (Å²) >= 11 is 0. The Morgan fingerprint density at radius 3 is 2.60 bits per heavy atom. The highest BCUT2D eigenvalue weighted by Crippen LogP contribution is 2.26. The second kappa shape index (κ2) is 5.00. The minimum atomic E-state index is -0.0627. The molecule has 1 saturated carbocycles. The van der Waals surface area contributed by atoms with Crippen LogP contribution in [0.4, 0.5) is 11.6 Å². The molecule has 1 aliphatic carbocycles. The molecule has 1 aromatic heterocycles. The number of nitrogens with one attached hydrogen (secondary N) is 2. The molecule has 1 fully saturated rings. The van der Waals surface area contributed by atoms with Crippen LogP contribution in [0.5, 0.6) is 0 Å². The van der Waals surface area contributed by atoms with Gasteiger partial charge in [-0.1, -0.05) is 0 Å². The largest absolute Gasteiger partial charge is 0.353 e. The van der Waals surface area contributed by atoms with E-state index in [4.69, 9.17) is 0 Å². The number of aromatic nitrogens is 2. The molecule has 20 heavy (non-hydrogen) atoms. The van der Waals surface area contributed by atoms with Crippen molar-refractivity contribution >= 4 is 17.5 Å². The normalized spacial score (nSPS) is 14.1. The highest BCUT2D eigenvalue weighted by molar-refractivity contribution is 5.88. The lowest BCUT2D eigenvalue weighted by Gasteiger charge is -2.10. The van der Waals surface area contributed by atoms with Crippen molar-refractivity contribution in [2.24, 2.45) is 0 Å². The van der Waals surface area contributed by atoms with Crippen LogP contribution in [0.15, 0.2) is 30.5 Å². The van der Waals surface area contributed by atoms with E-state index in [-0.39, 0.29) is 5.91 Å². The molecule has 5 nitrogen and oxygen atoms in total. The Kier molecular flexibility index (Phi) is 3.18. The number of carbonyl (C=O) groups is 1. The van der Waals surface area contributed by atoms with E-state index < -0.39 is 0 Å². The molecule has 104 valence electrons. The Labute approximate surface area is 118 Å². The van der Waals surface area contributed by atoms with E-state index in [9.17, 15) is 4.79 Å². The van der Waals surface area contributed by atoms with Crippen molar-refractivity contribution < 1.29 is 4.79 Å². The van der Waals surface area contributed by atoms with Gasteiger partial charge in [0.1, 0.15) is 0 Å². The third kappa shape index (κ3) is 2.82. The summed E-state index contributed by atoms with van der Waals surface area (Å²) in [6.07, 6.45) is 4.44. The maximum absolute atomic E-state index is 11.0. The van der Waals surface area contributed by atoms with Crippen LogP contribution < -0.4 is 10.6 Å². The van der Waals surface area contributed by atoms with Crippen molar-refractivity contribution in [3.63, 3.8) is 0 Å². The second-order valence-corrected chi connectivity index (χ2v) is 5.22. The molecule has 1 amide bonds. The van der Waals surface area contributed by atoms with Crippen LogP contribution in [0.1, 0.15) is 25.5 Å². The summed E-state index contributed by atoms with van der Waals surface area (Å²) < 4.78 is 2.05. The Morgan fingerprint density at radius 2 is 2.00 bits per heavy atom. The van der Waals surface area contributed by atoms with Gasteiger partial charge < -0.3 is 10.6 Å². The quantitative estimate of drug-likeness (QED) is 0.898. The van der Waals surface area contributed by atoms with Crippen molar-refractivity contribution in [1.82, 2.24) is 9.55 Å². The number of hydrogen-bond acceptors (Lipinski definition) is 3. The van der Waals surface area contributed by atoms with E-state index in [0.29, 0.717) is 6.04 Å².